The first-order chi connectivity index (χ1) is 4.93. The molecule has 0 amide bonds. The number of nitrogens with one attached hydrogen (secondary N) is 1. The maximum absolute atomic E-state index is 3.66. The average molecular weight is 133 g/mol. The van der Waals surface area contributed by atoms with E-state index in [1.54, 1.807) is 0 Å². The Morgan fingerprint density at radius 3 is 3.20 bits per heavy atom. The van der Waals surface area contributed by atoms with Crippen molar-refractivity contribution in [1.82, 2.24) is 5.32 Å². The zero-order valence-corrected chi connectivity index (χ0v) is 5.88. The fraction of sp³-hybridized carbons (Fsp3) is 0.111. The van der Waals surface area contributed by atoms with E-state index in [4.69, 9.17) is 0 Å². The molecule has 0 bridgehead atoms. The lowest BCUT2D eigenvalue weighted by Gasteiger charge is -1.93. The van der Waals surface area contributed by atoms with Gasteiger partial charge >= 0.3 is 0 Å². The molecule has 1 aliphatic heterocycles. The summed E-state index contributed by atoms with van der Waals surface area (Å²) in [5.41, 5.74) is 1.25. The molecule has 1 nitrogen and oxygen atoms in total. The van der Waals surface area contributed by atoms with Gasteiger partial charge in [0, 0.05) is 12.4 Å². The Labute approximate surface area is 61.4 Å². The van der Waals surface area contributed by atoms with E-state index >= 15 is 0 Å². The molecule has 0 radical (unpaired) electrons. The van der Waals surface area contributed by atoms with Crippen LogP contribution in [0.3, 0.4) is 0 Å². The predicted molar refractivity (Wildman–Crippen MR) is 44.3 cm³/mol. The fourth-order valence-electron chi connectivity index (χ4n) is 0.787. The molecule has 0 spiro atoms. The molecule has 0 aromatic heterocycles. The first-order valence-electron chi connectivity index (χ1n) is 3.32. The van der Waals surface area contributed by atoms with Gasteiger partial charge in [0.15, 0.2) is 0 Å². The summed E-state index contributed by atoms with van der Waals surface area (Å²) in [6.07, 6.45) is 12.7. The zero-order chi connectivity index (χ0) is 7.23. The number of rotatable bonds is 2. The first-order valence-corrected chi connectivity index (χ1v) is 3.32. The van der Waals surface area contributed by atoms with Crippen molar-refractivity contribution in [2.45, 2.75) is 6.42 Å². The van der Waals surface area contributed by atoms with E-state index in [9.17, 15) is 0 Å². The Bertz CT molecular complexity index is 197. The summed E-state index contributed by atoms with van der Waals surface area (Å²) in [6.45, 7) is 3.66. The van der Waals surface area contributed by atoms with Gasteiger partial charge in [0.1, 0.15) is 0 Å². The minimum Gasteiger partial charge on any atom is -0.367 e. The molecule has 1 heterocycles. The third-order valence-electron chi connectivity index (χ3n) is 1.26. The lowest BCUT2D eigenvalue weighted by Crippen LogP contribution is -1.91. The van der Waals surface area contributed by atoms with E-state index < -0.39 is 0 Å². The van der Waals surface area contributed by atoms with Crippen LogP contribution in [-0.2, 0) is 0 Å². The molecular weight excluding hydrogens is 122 g/mol. The maximum atomic E-state index is 3.66. The standard InChI is InChI=1S/C9H11N/c1-2-5-9-6-3-4-7-10-8-9/h2-4,6-8,10H,1,5H2. The van der Waals surface area contributed by atoms with E-state index in [1.165, 1.54) is 5.57 Å². The molecule has 0 saturated carbocycles. The van der Waals surface area contributed by atoms with E-state index in [0.717, 1.165) is 6.42 Å². The molecule has 1 N–H and O–H groups in total. The molecule has 1 rings (SSSR count). The van der Waals surface area contributed by atoms with Crippen molar-refractivity contribution < 1.29 is 0 Å². The van der Waals surface area contributed by atoms with Crippen LogP contribution in [0.4, 0.5) is 0 Å². The second-order valence-corrected chi connectivity index (χ2v) is 2.10. The van der Waals surface area contributed by atoms with Gasteiger partial charge in [-0.15, -0.1) is 6.58 Å². The van der Waals surface area contributed by atoms with Gasteiger partial charge in [-0.3, -0.25) is 0 Å². The molecule has 0 saturated heterocycles. The Morgan fingerprint density at radius 2 is 2.40 bits per heavy atom. The van der Waals surface area contributed by atoms with Gasteiger partial charge in [-0.05, 0) is 18.1 Å². The van der Waals surface area contributed by atoms with Gasteiger partial charge in [-0.25, -0.2) is 0 Å². The lowest BCUT2D eigenvalue weighted by atomic mass is 10.2. The van der Waals surface area contributed by atoms with Crippen LogP contribution in [0.5, 0.6) is 0 Å². The topological polar surface area (TPSA) is 12.0 Å². The third-order valence-corrected chi connectivity index (χ3v) is 1.26. The van der Waals surface area contributed by atoms with Gasteiger partial charge in [0.25, 0.3) is 0 Å². The summed E-state index contributed by atoms with van der Waals surface area (Å²) in [7, 11) is 0. The maximum Gasteiger partial charge on any atom is 0.00399 e. The van der Waals surface area contributed by atoms with Crippen molar-refractivity contribution in [2.24, 2.45) is 0 Å². The highest BCUT2D eigenvalue weighted by Crippen LogP contribution is 2.04. The van der Waals surface area contributed by atoms with E-state index in [1.807, 2.05) is 30.6 Å². The molecule has 0 fully saturated rings. The Hall–Kier alpha value is -1.24. The van der Waals surface area contributed by atoms with Crippen LogP contribution in [0.15, 0.2) is 48.9 Å². The predicted octanol–water partition coefficient (Wildman–Crippen LogP) is 2.12. The largest absolute Gasteiger partial charge is 0.367 e. The fourth-order valence-corrected chi connectivity index (χ4v) is 0.787. The van der Waals surface area contributed by atoms with E-state index in [0.29, 0.717) is 0 Å². The highest BCUT2D eigenvalue weighted by Gasteiger charge is 1.87. The number of allylic oxidation sites excluding steroid dienone is 5. The minimum absolute atomic E-state index is 0.922. The van der Waals surface area contributed by atoms with Crippen LogP contribution in [-0.4, -0.2) is 0 Å². The van der Waals surface area contributed by atoms with E-state index in [-0.39, 0.29) is 0 Å². The van der Waals surface area contributed by atoms with Gasteiger partial charge in [0.05, 0.1) is 0 Å². The van der Waals surface area contributed by atoms with Crippen LogP contribution < -0.4 is 5.32 Å². The summed E-state index contributed by atoms with van der Waals surface area (Å²) in [4.78, 5) is 0. The summed E-state index contributed by atoms with van der Waals surface area (Å²) >= 11 is 0. The quantitative estimate of drug-likeness (QED) is 0.569. The minimum atomic E-state index is 0.922. The summed E-state index contributed by atoms with van der Waals surface area (Å²) in [5.74, 6) is 0. The first kappa shape index (κ1) is 6.87. The summed E-state index contributed by atoms with van der Waals surface area (Å²) in [5, 5.41) is 3.03. The Morgan fingerprint density at radius 1 is 1.50 bits per heavy atom. The van der Waals surface area contributed by atoms with Crippen molar-refractivity contribution in [3.63, 3.8) is 0 Å². The molecule has 0 aromatic rings. The number of hydrogen-bond acceptors (Lipinski definition) is 1. The third kappa shape index (κ3) is 1.94. The zero-order valence-electron chi connectivity index (χ0n) is 5.88. The molecule has 0 aliphatic carbocycles. The second-order valence-electron chi connectivity index (χ2n) is 2.10. The highest BCUT2D eigenvalue weighted by atomic mass is 14.8. The van der Waals surface area contributed by atoms with E-state index in [2.05, 4.69) is 18.0 Å². The SMILES string of the molecule is C=CCC1=CNC=CC=C1. The van der Waals surface area contributed by atoms with Crippen molar-refractivity contribution >= 4 is 0 Å². The average Bonchev–Trinajstić information content (AvgIpc) is 2.17. The van der Waals surface area contributed by atoms with Gasteiger partial charge < -0.3 is 5.32 Å². The van der Waals surface area contributed by atoms with Crippen LogP contribution in [0.1, 0.15) is 6.42 Å². The summed E-state index contributed by atoms with van der Waals surface area (Å²) < 4.78 is 0. The van der Waals surface area contributed by atoms with Gasteiger partial charge in [0.2, 0.25) is 0 Å². The molecule has 52 valence electrons. The Kier molecular flexibility index (Phi) is 2.56. The van der Waals surface area contributed by atoms with Crippen LogP contribution in [0.2, 0.25) is 0 Å². The van der Waals surface area contributed by atoms with Crippen molar-refractivity contribution in [1.29, 1.82) is 0 Å². The van der Waals surface area contributed by atoms with Crippen molar-refractivity contribution in [2.75, 3.05) is 0 Å². The van der Waals surface area contributed by atoms with Crippen LogP contribution >= 0.6 is 0 Å². The smallest absolute Gasteiger partial charge is 0.00399 e. The molecule has 0 atom stereocenters. The monoisotopic (exact) mass is 133 g/mol. The van der Waals surface area contributed by atoms with Crippen molar-refractivity contribution in [3.8, 4) is 0 Å². The molecule has 1 aliphatic rings. The van der Waals surface area contributed by atoms with Gasteiger partial charge in [-0.2, -0.15) is 0 Å². The normalized spacial score (nSPS) is 15.4. The highest BCUT2D eigenvalue weighted by molar-refractivity contribution is 5.26. The molecule has 0 unspecified atom stereocenters. The molecule has 1 heteroatoms. The van der Waals surface area contributed by atoms with Crippen molar-refractivity contribution in [3.05, 3.63) is 48.9 Å². The molecule has 10 heavy (non-hydrogen) atoms. The lowest BCUT2D eigenvalue weighted by molar-refractivity contribution is 1.14. The summed E-state index contributed by atoms with van der Waals surface area (Å²) in [6, 6.07) is 0. The number of hydrogen-bond donors (Lipinski definition) is 1. The van der Waals surface area contributed by atoms with Gasteiger partial charge in [-0.1, -0.05) is 18.2 Å². The second kappa shape index (κ2) is 3.72. The van der Waals surface area contributed by atoms with Crippen LogP contribution in [0, 0.1) is 0 Å². The molecular formula is C9H11N. The van der Waals surface area contributed by atoms with Crippen LogP contribution in [0.25, 0.3) is 0 Å². The Balaban J connectivity index is 2.59. The molecule has 0 aromatic carbocycles.